The van der Waals surface area contributed by atoms with Crippen LogP contribution >= 0.6 is 0 Å². The van der Waals surface area contributed by atoms with E-state index in [2.05, 4.69) is 17.8 Å². The van der Waals surface area contributed by atoms with E-state index in [1.165, 1.54) is 24.3 Å². The summed E-state index contributed by atoms with van der Waals surface area (Å²) in [5.74, 6) is -12.5. The van der Waals surface area contributed by atoms with E-state index in [1.807, 2.05) is 5.32 Å². The number of nitrogens with one attached hydrogen (secondary N) is 2. The van der Waals surface area contributed by atoms with Crippen LogP contribution in [-0.4, -0.2) is 32.8 Å². The molecule has 0 aliphatic heterocycles. The van der Waals surface area contributed by atoms with Gasteiger partial charge in [-0.15, -0.1) is 6.42 Å². The molecule has 34 heavy (non-hydrogen) atoms. The van der Waals surface area contributed by atoms with Crippen molar-refractivity contribution in [3.8, 4) is 18.1 Å². The van der Waals surface area contributed by atoms with Gasteiger partial charge in [0, 0.05) is 6.42 Å². The van der Waals surface area contributed by atoms with Crippen molar-refractivity contribution in [1.82, 2.24) is 10.6 Å². The summed E-state index contributed by atoms with van der Waals surface area (Å²) in [7, 11) is -4.03. The lowest BCUT2D eigenvalue weighted by molar-refractivity contribution is -0.122. The molecule has 0 aliphatic rings. The Morgan fingerprint density at radius 2 is 1.56 bits per heavy atom. The maximum atomic E-state index is 14.0. The molecule has 0 bridgehead atoms. The summed E-state index contributed by atoms with van der Waals surface area (Å²) in [4.78, 5) is 24.8. The van der Waals surface area contributed by atoms with Gasteiger partial charge >= 0.3 is 10.1 Å². The number of hydrogen-bond donors (Lipinski definition) is 2. The van der Waals surface area contributed by atoms with Gasteiger partial charge in [0.05, 0.1) is 12.0 Å². The van der Waals surface area contributed by atoms with E-state index in [-0.39, 0.29) is 18.7 Å². The van der Waals surface area contributed by atoms with E-state index in [9.17, 15) is 40.0 Å². The zero-order chi connectivity index (χ0) is 25.6. The number of hydrogen-bond acceptors (Lipinski definition) is 5. The molecule has 0 aliphatic carbocycles. The van der Waals surface area contributed by atoms with Gasteiger partial charge in [-0.25, -0.2) is 22.0 Å². The quantitative estimate of drug-likeness (QED) is 0.180. The van der Waals surface area contributed by atoms with Gasteiger partial charge in [-0.05, 0) is 17.7 Å². The van der Waals surface area contributed by atoms with E-state index < -0.39 is 62.6 Å². The smallest absolute Gasteiger partial charge is 0.331 e. The summed E-state index contributed by atoms with van der Waals surface area (Å²) >= 11 is 0. The van der Waals surface area contributed by atoms with E-state index in [0.717, 1.165) is 0 Å². The number of carbonyl (C=O) groups excluding carboxylic acids is 2. The fourth-order valence-corrected chi connectivity index (χ4v) is 3.04. The molecular formula is C21H15F5N2O5S. The van der Waals surface area contributed by atoms with E-state index in [4.69, 9.17) is 10.6 Å². The van der Waals surface area contributed by atoms with Gasteiger partial charge in [-0.3, -0.25) is 9.59 Å². The van der Waals surface area contributed by atoms with Gasteiger partial charge in [0.25, 0.3) is 5.91 Å². The predicted molar refractivity (Wildman–Crippen MR) is 109 cm³/mol. The van der Waals surface area contributed by atoms with Crippen molar-refractivity contribution in [3.63, 3.8) is 0 Å². The molecule has 2 rings (SSSR count). The van der Waals surface area contributed by atoms with E-state index in [0.29, 0.717) is 11.0 Å². The SMILES string of the molecule is C#CCNC(=O)[C@H](Cc1ccc(OS(=O)(=O)C=C)cc1)NC(=O)c1c(F)c(F)c(F)c(F)c1F. The molecule has 0 radical (unpaired) electrons. The average molecular weight is 502 g/mol. The second-order valence-corrected chi connectivity index (χ2v) is 7.97. The molecule has 1 atom stereocenters. The zero-order valence-corrected chi connectivity index (χ0v) is 17.8. The van der Waals surface area contributed by atoms with Crippen LogP contribution in [0.25, 0.3) is 0 Å². The van der Waals surface area contributed by atoms with Gasteiger partial charge in [0.1, 0.15) is 17.4 Å². The molecule has 0 heterocycles. The highest BCUT2D eigenvalue weighted by Crippen LogP contribution is 2.23. The van der Waals surface area contributed by atoms with Crippen molar-refractivity contribution >= 4 is 21.9 Å². The summed E-state index contributed by atoms with van der Waals surface area (Å²) in [6, 6.07) is 3.46. The lowest BCUT2D eigenvalue weighted by atomic mass is 10.0. The Bertz CT molecular complexity index is 1240. The minimum atomic E-state index is -4.03. The number of amides is 2. The van der Waals surface area contributed by atoms with Crippen molar-refractivity contribution in [3.05, 3.63) is 76.5 Å². The van der Waals surface area contributed by atoms with Crippen molar-refractivity contribution in [1.29, 1.82) is 0 Å². The monoisotopic (exact) mass is 502 g/mol. The fourth-order valence-electron chi connectivity index (χ4n) is 2.59. The van der Waals surface area contributed by atoms with Crippen LogP contribution in [0.1, 0.15) is 15.9 Å². The van der Waals surface area contributed by atoms with Crippen LogP contribution in [0.15, 0.2) is 36.3 Å². The zero-order valence-electron chi connectivity index (χ0n) is 17.0. The number of halogens is 5. The highest BCUT2D eigenvalue weighted by Gasteiger charge is 2.32. The maximum Gasteiger partial charge on any atom is 0.331 e. The summed E-state index contributed by atoms with van der Waals surface area (Å²) in [5.41, 5.74) is -1.48. The first-order chi connectivity index (χ1) is 15.9. The Morgan fingerprint density at radius 1 is 1.03 bits per heavy atom. The second kappa shape index (κ2) is 10.8. The van der Waals surface area contributed by atoms with Gasteiger partial charge < -0.3 is 14.8 Å². The Hall–Kier alpha value is -3.92. The molecule has 2 aromatic carbocycles. The molecule has 0 unspecified atom stereocenters. The van der Waals surface area contributed by atoms with Crippen molar-refractivity contribution in [2.75, 3.05) is 6.54 Å². The fraction of sp³-hybridized carbons (Fsp3) is 0.143. The van der Waals surface area contributed by atoms with Crippen LogP contribution in [-0.2, 0) is 21.3 Å². The topological polar surface area (TPSA) is 102 Å². The molecule has 0 fully saturated rings. The van der Waals surface area contributed by atoms with Gasteiger partial charge in [-0.2, -0.15) is 8.42 Å². The highest BCUT2D eigenvalue weighted by molar-refractivity contribution is 7.90. The lowest BCUT2D eigenvalue weighted by Gasteiger charge is -2.19. The molecular weight excluding hydrogens is 487 g/mol. The second-order valence-electron chi connectivity index (χ2n) is 6.48. The lowest BCUT2D eigenvalue weighted by Crippen LogP contribution is -2.48. The molecule has 13 heteroatoms. The maximum absolute atomic E-state index is 14.0. The van der Waals surface area contributed by atoms with E-state index in [1.54, 1.807) is 0 Å². The Balaban J connectivity index is 2.33. The standard InChI is InChI=1S/C21H15F5N2O5S/c1-3-9-27-20(29)13(10-11-5-7-12(8-6-11)33-34(31,32)4-2)28-21(30)14-15(22)17(24)19(26)18(25)16(14)23/h1,4-8,13H,2,9-10H2,(H,27,29)(H,28,30)/t13-/m0/s1. The predicted octanol–water partition coefficient (Wildman–Crippen LogP) is 2.32. The third-order valence-corrected chi connectivity index (χ3v) is 5.04. The van der Waals surface area contributed by atoms with Crippen LogP contribution in [0.5, 0.6) is 5.75 Å². The van der Waals surface area contributed by atoms with Crippen LogP contribution in [0.4, 0.5) is 22.0 Å². The summed E-state index contributed by atoms with van der Waals surface area (Å²) in [6.07, 6.45) is 4.71. The number of benzene rings is 2. The van der Waals surface area contributed by atoms with E-state index >= 15 is 0 Å². The molecule has 2 amide bonds. The highest BCUT2D eigenvalue weighted by atomic mass is 32.2. The van der Waals surface area contributed by atoms with Crippen molar-refractivity contribution < 1.29 is 44.1 Å². The number of rotatable bonds is 9. The minimum Gasteiger partial charge on any atom is -0.379 e. The molecule has 0 aromatic heterocycles. The first-order valence-electron chi connectivity index (χ1n) is 9.11. The van der Waals surface area contributed by atoms with Crippen LogP contribution in [0.3, 0.4) is 0 Å². The van der Waals surface area contributed by atoms with Crippen LogP contribution in [0, 0.1) is 41.4 Å². The first kappa shape index (κ1) is 26.3. The number of terminal acetylenes is 1. The molecule has 0 saturated carbocycles. The third kappa shape index (κ3) is 6.10. The van der Waals surface area contributed by atoms with Crippen molar-refractivity contribution in [2.24, 2.45) is 0 Å². The normalized spacial score (nSPS) is 11.8. The van der Waals surface area contributed by atoms with Crippen LogP contribution in [0.2, 0.25) is 0 Å². The minimum absolute atomic E-state index is 0.109. The summed E-state index contributed by atoms with van der Waals surface area (Å²) in [6.45, 7) is 2.79. The third-order valence-electron chi connectivity index (χ3n) is 4.20. The Labute approximate surface area is 190 Å². The molecule has 2 N–H and O–H groups in total. The Kier molecular flexibility index (Phi) is 8.36. The van der Waals surface area contributed by atoms with Gasteiger partial charge in [0.15, 0.2) is 23.3 Å². The molecule has 0 spiro atoms. The summed E-state index contributed by atoms with van der Waals surface area (Å²) < 4.78 is 95.6. The summed E-state index contributed by atoms with van der Waals surface area (Å²) in [5, 5.41) is 4.70. The number of carbonyl (C=O) groups is 2. The van der Waals surface area contributed by atoms with Gasteiger partial charge in [0.2, 0.25) is 11.7 Å². The Morgan fingerprint density at radius 3 is 2.06 bits per heavy atom. The molecule has 180 valence electrons. The van der Waals surface area contributed by atoms with Crippen LogP contribution < -0.4 is 14.8 Å². The van der Waals surface area contributed by atoms with Crippen molar-refractivity contribution in [2.45, 2.75) is 12.5 Å². The molecule has 0 saturated heterocycles. The molecule has 2 aromatic rings. The average Bonchev–Trinajstić information content (AvgIpc) is 2.80. The van der Waals surface area contributed by atoms with Gasteiger partial charge in [-0.1, -0.05) is 24.6 Å². The largest absolute Gasteiger partial charge is 0.379 e. The first-order valence-corrected chi connectivity index (χ1v) is 10.6. The molecule has 7 nitrogen and oxygen atoms in total.